The zero-order valence-electron chi connectivity index (χ0n) is 10.6. The second-order valence-corrected chi connectivity index (χ2v) is 4.46. The summed E-state index contributed by atoms with van der Waals surface area (Å²) in [7, 11) is 0. The molecule has 0 atom stereocenters. The van der Waals surface area contributed by atoms with Gasteiger partial charge in [0.2, 0.25) is 0 Å². The Hall–Kier alpha value is -1.73. The lowest BCUT2D eigenvalue weighted by Gasteiger charge is -2.25. The number of nitrogens with one attached hydrogen (secondary N) is 1. The number of hydrogen-bond donors (Lipinski definition) is 2. The lowest BCUT2D eigenvalue weighted by molar-refractivity contribution is 0.000710. The van der Waals surface area contributed by atoms with Gasteiger partial charge in [0, 0.05) is 13.2 Å². The molecular weight excluding hydrogens is 214 g/mol. The van der Waals surface area contributed by atoms with Crippen molar-refractivity contribution in [3.05, 3.63) is 23.8 Å². The van der Waals surface area contributed by atoms with Crippen LogP contribution in [0.15, 0.2) is 18.2 Å². The smallest absolute Gasteiger partial charge is 0.0992 e. The predicted octanol–water partition coefficient (Wildman–Crippen LogP) is 2.37. The summed E-state index contributed by atoms with van der Waals surface area (Å²) in [4.78, 5) is 0. The number of ether oxygens (including phenoxy) is 1. The number of nitriles is 1. The number of nitrogen functional groups attached to an aromatic ring is 1. The Balaban J connectivity index is 2.67. The number of anilines is 2. The SMILES string of the molecule is CCOC(C)(C)CNc1ccc(C#N)cc1N. The van der Waals surface area contributed by atoms with Crippen LogP contribution < -0.4 is 11.1 Å². The molecule has 0 saturated heterocycles. The zero-order chi connectivity index (χ0) is 12.9. The van der Waals surface area contributed by atoms with Gasteiger partial charge in [0.05, 0.1) is 28.6 Å². The number of hydrogen-bond acceptors (Lipinski definition) is 4. The first-order valence-electron chi connectivity index (χ1n) is 5.66. The Morgan fingerprint density at radius 2 is 2.18 bits per heavy atom. The van der Waals surface area contributed by atoms with Gasteiger partial charge in [-0.05, 0) is 39.0 Å². The summed E-state index contributed by atoms with van der Waals surface area (Å²) >= 11 is 0. The zero-order valence-corrected chi connectivity index (χ0v) is 10.6. The molecule has 4 nitrogen and oxygen atoms in total. The molecular formula is C13H19N3O. The third kappa shape index (κ3) is 3.97. The molecule has 0 fully saturated rings. The van der Waals surface area contributed by atoms with E-state index in [9.17, 15) is 0 Å². The van der Waals surface area contributed by atoms with E-state index in [0.717, 1.165) is 5.69 Å². The predicted molar refractivity (Wildman–Crippen MR) is 69.8 cm³/mol. The van der Waals surface area contributed by atoms with Crippen molar-refractivity contribution < 1.29 is 4.74 Å². The van der Waals surface area contributed by atoms with E-state index in [1.165, 1.54) is 0 Å². The number of nitrogens with two attached hydrogens (primary N) is 1. The summed E-state index contributed by atoms with van der Waals surface area (Å²) in [5.41, 5.74) is 7.58. The largest absolute Gasteiger partial charge is 0.397 e. The van der Waals surface area contributed by atoms with Crippen LogP contribution in [0.4, 0.5) is 11.4 Å². The van der Waals surface area contributed by atoms with Crippen LogP contribution in [0.3, 0.4) is 0 Å². The second-order valence-electron chi connectivity index (χ2n) is 4.46. The Labute approximate surface area is 102 Å². The number of nitrogens with zero attached hydrogens (tertiary/aromatic N) is 1. The summed E-state index contributed by atoms with van der Waals surface area (Å²) in [6, 6.07) is 7.28. The van der Waals surface area contributed by atoms with Crippen molar-refractivity contribution in [2.75, 3.05) is 24.2 Å². The molecule has 0 aliphatic rings. The lowest BCUT2D eigenvalue weighted by Crippen LogP contribution is -2.33. The van der Waals surface area contributed by atoms with Crippen LogP contribution in [0.5, 0.6) is 0 Å². The Bertz CT molecular complexity index is 421. The Morgan fingerprint density at radius 3 is 2.71 bits per heavy atom. The van der Waals surface area contributed by atoms with Crippen LogP contribution in [0.1, 0.15) is 26.3 Å². The van der Waals surface area contributed by atoms with Crippen molar-refractivity contribution in [3.63, 3.8) is 0 Å². The maximum absolute atomic E-state index is 8.74. The molecule has 4 heteroatoms. The van der Waals surface area contributed by atoms with Gasteiger partial charge in [-0.15, -0.1) is 0 Å². The average Bonchev–Trinajstić information content (AvgIpc) is 2.27. The molecule has 0 spiro atoms. The van der Waals surface area contributed by atoms with Crippen molar-refractivity contribution in [2.24, 2.45) is 0 Å². The van der Waals surface area contributed by atoms with E-state index in [4.69, 9.17) is 15.7 Å². The molecule has 0 unspecified atom stereocenters. The van der Waals surface area contributed by atoms with Gasteiger partial charge in [-0.2, -0.15) is 5.26 Å². The highest BCUT2D eigenvalue weighted by Crippen LogP contribution is 2.21. The average molecular weight is 233 g/mol. The minimum atomic E-state index is -0.241. The maximum atomic E-state index is 8.74. The molecule has 1 aromatic carbocycles. The molecule has 0 saturated carbocycles. The van der Waals surface area contributed by atoms with E-state index in [1.807, 2.05) is 26.8 Å². The van der Waals surface area contributed by atoms with Gasteiger partial charge < -0.3 is 15.8 Å². The number of benzene rings is 1. The minimum absolute atomic E-state index is 0.241. The third-order valence-electron chi connectivity index (χ3n) is 2.42. The van der Waals surface area contributed by atoms with Gasteiger partial charge in [-0.1, -0.05) is 0 Å². The Kier molecular flexibility index (Phi) is 4.36. The minimum Gasteiger partial charge on any atom is -0.397 e. The van der Waals surface area contributed by atoms with Crippen LogP contribution in [-0.4, -0.2) is 18.8 Å². The summed E-state index contributed by atoms with van der Waals surface area (Å²) in [5, 5.41) is 12.0. The summed E-state index contributed by atoms with van der Waals surface area (Å²) in [6.07, 6.45) is 0. The molecule has 1 aromatic rings. The van der Waals surface area contributed by atoms with Gasteiger partial charge in [-0.25, -0.2) is 0 Å². The summed E-state index contributed by atoms with van der Waals surface area (Å²) in [6.45, 7) is 7.35. The molecule has 17 heavy (non-hydrogen) atoms. The van der Waals surface area contributed by atoms with Gasteiger partial charge in [0.25, 0.3) is 0 Å². The van der Waals surface area contributed by atoms with E-state index >= 15 is 0 Å². The van der Waals surface area contributed by atoms with Crippen LogP contribution in [0.25, 0.3) is 0 Å². The van der Waals surface area contributed by atoms with Crippen LogP contribution in [0, 0.1) is 11.3 Å². The first-order chi connectivity index (χ1) is 7.98. The van der Waals surface area contributed by atoms with Gasteiger partial charge >= 0.3 is 0 Å². The fourth-order valence-electron chi connectivity index (χ4n) is 1.54. The van der Waals surface area contributed by atoms with Gasteiger partial charge in [0.1, 0.15) is 0 Å². The fraction of sp³-hybridized carbons (Fsp3) is 0.462. The highest BCUT2D eigenvalue weighted by Gasteiger charge is 2.17. The molecule has 0 bridgehead atoms. The van der Waals surface area contributed by atoms with E-state index < -0.39 is 0 Å². The quantitative estimate of drug-likeness (QED) is 0.766. The summed E-state index contributed by atoms with van der Waals surface area (Å²) < 4.78 is 5.58. The van der Waals surface area contributed by atoms with Crippen LogP contribution >= 0.6 is 0 Å². The topological polar surface area (TPSA) is 71.1 Å². The van der Waals surface area contributed by atoms with Crippen molar-refractivity contribution in [1.82, 2.24) is 0 Å². The first-order valence-corrected chi connectivity index (χ1v) is 5.66. The monoisotopic (exact) mass is 233 g/mol. The highest BCUT2D eigenvalue weighted by molar-refractivity contribution is 5.68. The van der Waals surface area contributed by atoms with Crippen molar-refractivity contribution >= 4 is 11.4 Å². The molecule has 0 heterocycles. The molecule has 0 aliphatic heterocycles. The fourth-order valence-corrected chi connectivity index (χ4v) is 1.54. The van der Waals surface area contributed by atoms with Crippen molar-refractivity contribution in [2.45, 2.75) is 26.4 Å². The van der Waals surface area contributed by atoms with Gasteiger partial charge in [-0.3, -0.25) is 0 Å². The molecule has 0 radical (unpaired) electrons. The van der Waals surface area contributed by atoms with Crippen molar-refractivity contribution in [1.29, 1.82) is 5.26 Å². The third-order valence-corrected chi connectivity index (χ3v) is 2.42. The van der Waals surface area contributed by atoms with Gasteiger partial charge in [0.15, 0.2) is 0 Å². The molecule has 0 amide bonds. The van der Waals surface area contributed by atoms with Crippen molar-refractivity contribution in [3.8, 4) is 6.07 Å². The standard InChI is InChI=1S/C13H19N3O/c1-4-17-13(2,3)9-16-12-6-5-10(8-14)7-11(12)15/h5-7,16H,4,9,15H2,1-3H3. The highest BCUT2D eigenvalue weighted by atomic mass is 16.5. The molecule has 1 rings (SSSR count). The Morgan fingerprint density at radius 1 is 1.47 bits per heavy atom. The van der Waals surface area contributed by atoms with E-state index in [2.05, 4.69) is 11.4 Å². The van der Waals surface area contributed by atoms with E-state index in [-0.39, 0.29) is 5.60 Å². The number of rotatable bonds is 5. The lowest BCUT2D eigenvalue weighted by atomic mass is 10.1. The van der Waals surface area contributed by atoms with E-state index in [0.29, 0.717) is 24.4 Å². The molecule has 3 N–H and O–H groups in total. The summed E-state index contributed by atoms with van der Waals surface area (Å²) in [5.74, 6) is 0. The van der Waals surface area contributed by atoms with E-state index in [1.54, 1.807) is 12.1 Å². The molecule has 0 aromatic heterocycles. The second kappa shape index (κ2) is 5.55. The normalized spacial score (nSPS) is 10.9. The van der Waals surface area contributed by atoms with Crippen LogP contribution in [-0.2, 0) is 4.74 Å². The molecule has 0 aliphatic carbocycles. The first kappa shape index (κ1) is 13.3. The maximum Gasteiger partial charge on any atom is 0.0992 e. The van der Waals surface area contributed by atoms with Crippen LogP contribution in [0.2, 0.25) is 0 Å². The molecule has 92 valence electrons.